The van der Waals surface area contributed by atoms with Crippen LogP contribution in [0.2, 0.25) is 0 Å². The minimum atomic E-state index is -0.757. The minimum Gasteiger partial charge on any atom is -0.467 e. The molecule has 0 aromatic rings. The van der Waals surface area contributed by atoms with Gasteiger partial charge in [0.25, 0.3) is 0 Å². The third kappa shape index (κ3) is 1.48. The third-order valence-corrected chi connectivity index (χ3v) is 1.36. The van der Waals surface area contributed by atoms with E-state index in [-0.39, 0.29) is 0 Å². The first kappa shape index (κ1) is 8.00. The Morgan fingerprint density at radius 1 is 1.09 bits per heavy atom. The second kappa shape index (κ2) is 2.87. The number of ether oxygens (including phenoxy) is 3. The molecule has 5 nitrogen and oxygen atoms in total. The predicted molar refractivity (Wildman–Crippen MR) is 32.7 cm³/mol. The first-order valence-corrected chi connectivity index (χ1v) is 3.02. The quantitative estimate of drug-likeness (QED) is 0.387. The van der Waals surface area contributed by atoms with Gasteiger partial charge in [-0.2, -0.15) is 0 Å². The molecular weight excluding hydrogens is 152 g/mol. The van der Waals surface area contributed by atoms with E-state index in [0.717, 1.165) is 0 Å². The fourth-order valence-electron chi connectivity index (χ4n) is 0.703. The van der Waals surface area contributed by atoms with Gasteiger partial charge < -0.3 is 14.2 Å². The molecule has 1 saturated heterocycles. The summed E-state index contributed by atoms with van der Waals surface area (Å²) in [6, 6.07) is 0. The highest BCUT2D eigenvalue weighted by molar-refractivity contribution is 5.89. The maximum absolute atomic E-state index is 10.6. The summed E-state index contributed by atoms with van der Waals surface area (Å²) in [6.07, 6.45) is -1.51. The van der Waals surface area contributed by atoms with Crippen molar-refractivity contribution in [3.63, 3.8) is 0 Å². The van der Waals surface area contributed by atoms with Gasteiger partial charge in [-0.1, -0.05) is 0 Å². The van der Waals surface area contributed by atoms with Gasteiger partial charge in [-0.3, -0.25) is 0 Å². The Balaban J connectivity index is 2.37. The van der Waals surface area contributed by atoms with E-state index in [1.165, 1.54) is 14.2 Å². The van der Waals surface area contributed by atoms with Crippen LogP contribution in [0.3, 0.4) is 0 Å². The van der Waals surface area contributed by atoms with Gasteiger partial charge in [0.05, 0.1) is 14.2 Å². The zero-order valence-corrected chi connectivity index (χ0v) is 6.20. The van der Waals surface area contributed by atoms with E-state index >= 15 is 0 Å². The molecule has 1 aliphatic rings. The van der Waals surface area contributed by atoms with Crippen molar-refractivity contribution in [2.24, 2.45) is 0 Å². The lowest BCUT2D eigenvalue weighted by Crippen LogP contribution is -2.18. The molecule has 0 aliphatic carbocycles. The molecule has 0 spiro atoms. The number of epoxide rings is 1. The van der Waals surface area contributed by atoms with Gasteiger partial charge in [-0.05, 0) is 0 Å². The molecule has 5 heteroatoms. The van der Waals surface area contributed by atoms with Gasteiger partial charge in [-0.25, -0.2) is 9.59 Å². The van der Waals surface area contributed by atoms with Crippen molar-refractivity contribution in [3.05, 3.63) is 0 Å². The molecule has 1 aliphatic heterocycles. The molecule has 0 aromatic carbocycles. The Bertz CT molecular complexity index is 167. The molecule has 1 heterocycles. The molecule has 0 N–H and O–H groups in total. The molecule has 2 atom stereocenters. The second-order valence-electron chi connectivity index (χ2n) is 2.02. The number of carbonyl (C=O) groups excluding carboxylic acids is 2. The van der Waals surface area contributed by atoms with E-state index in [1.54, 1.807) is 0 Å². The van der Waals surface area contributed by atoms with Gasteiger partial charge in [0.2, 0.25) is 0 Å². The van der Waals surface area contributed by atoms with Crippen LogP contribution in [0.1, 0.15) is 0 Å². The molecule has 0 bridgehead atoms. The maximum atomic E-state index is 10.6. The van der Waals surface area contributed by atoms with Crippen molar-refractivity contribution in [1.29, 1.82) is 0 Å². The fourth-order valence-corrected chi connectivity index (χ4v) is 0.703. The average Bonchev–Trinajstić information content (AvgIpc) is 2.80. The number of esters is 2. The van der Waals surface area contributed by atoms with Crippen LogP contribution in [0, 0.1) is 0 Å². The monoisotopic (exact) mass is 160 g/mol. The summed E-state index contributed by atoms with van der Waals surface area (Å²) in [5.74, 6) is -1.08. The predicted octanol–water partition coefficient (Wildman–Crippen LogP) is -0.900. The van der Waals surface area contributed by atoms with E-state index in [1.807, 2.05) is 0 Å². The number of hydrogen-bond donors (Lipinski definition) is 0. The molecule has 0 unspecified atom stereocenters. The Kier molecular flexibility index (Phi) is 2.09. The van der Waals surface area contributed by atoms with E-state index in [9.17, 15) is 9.59 Å². The van der Waals surface area contributed by atoms with Crippen LogP contribution in [0.25, 0.3) is 0 Å². The van der Waals surface area contributed by atoms with Gasteiger partial charge in [0.1, 0.15) is 0 Å². The van der Waals surface area contributed by atoms with E-state index in [2.05, 4.69) is 14.2 Å². The zero-order valence-electron chi connectivity index (χ0n) is 6.20. The molecule has 1 rings (SSSR count). The Labute approximate surface area is 63.2 Å². The molecule has 11 heavy (non-hydrogen) atoms. The average molecular weight is 160 g/mol. The second-order valence-corrected chi connectivity index (χ2v) is 2.02. The first-order valence-electron chi connectivity index (χ1n) is 3.02. The highest BCUT2D eigenvalue weighted by Gasteiger charge is 2.52. The van der Waals surface area contributed by atoms with Crippen LogP contribution < -0.4 is 0 Å². The van der Waals surface area contributed by atoms with Crippen molar-refractivity contribution >= 4 is 11.9 Å². The third-order valence-electron chi connectivity index (χ3n) is 1.36. The summed E-state index contributed by atoms with van der Waals surface area (Å²) < 4.78 is 13.3. The van der Waals surface area contributed by atoms with Gasteiger partial charge in [0, 0.05) is 0 Å². The van der Waals surface area contributed by atoms with Crippen LogP contribution in [0.4, 0.5) is 0 Å². The Morgan fingerprint density at radius 3 is 1.73 bits per heavy atom. The lowest BCUT2D eigenvalue weighted by atomic mass is 10.3. The van der Waals surface area contributed by atoms with Crippen molar-refractivity contribution in [2.75, 3.05) is 14.2 Å². The SMILES string of the molecule is COC(=O)[C@@H]1O[C@H]1C(=O)OC. The van der Waals surface area contributed by atoms with Crippen molar-refractivity contribution in [2.45, 2.75) is 12.2 Å². The maximum Gasteiger partial charge on any atom is 0.338 e. The number of rotatable bonds is 2. The summed E-state index contributed by atoms with van der Waals surface area (Å²) in [5, 5.41) is 0. The van der Waals surface area contributed by atoms with Crippen molar-refractivity contribution in [1.82, 2.24) is 0 Å². The molecule has 1 fully saturated rings. The van der Waals surface area contributed by atoms with Gasteiger partial charge in [0.15, 0.2) is 12.2 Å². The minimum absolute atomic E-state index is 0.541. The van der Waals surface area contributed by atoms with E-state index < -0.39 is 24.1 Å². The van der Waals surface area contributed by atoms with Crippen molar-refractivity contribution in [3.8, 4) is 0 Å². The standard InChI is InChI=1S/C6H8O5/c1-9-5(7)3-4(11-3)6(8)10-2/h3-4H,1-2H3/t3-,4-/m1/s1. The Morgan fingerprint density at radius 2 is 1.45 bits per heavy atom. The highest BCUT2D eigenvalue weighted by atomic mass is 16.7. The smallest absolute Gasteiger partial charge is 0.338 e. The molecule has 0 saturated carbocycles. The summed E-state index contributed by atoms with van der Waals surface area (Å²) in [7, 11) is 2.47. The van der Waals surface area contributed by atoms with Crippen LogP contribution in [0.5, 0.6) is 0 Å². The lowest BCUT2D eigenvalue weighted by Gasteiger charge is -1.92. The normalized spacial score (nSPS) is 27.5. The van der Waals surface area contributed by atoms with Gasteiger partial charge in [-0.15, -0.1) is 0 Å². The van der Waals surface area contributed by atoms with Crippen LogP contribution in [0.15, 0.2) is 0 Å². The lowest BCUT2D eigenvalue weighted by molar-refractivity contribution is -0.144. The summed E-state index contributed by atoms with van der Waals surface area (Å²) >= 11 is 0. The summed E-state index contributed by atoms with van der Waals surface area (Å²) in [6.45, 7) is 0. The molecular formula is C6H8O5. The molecule has 0 amide bonds. The summed E-state index contributed by atoms with van der Waals surface area (Å²) in [4.78, 5) is 21.3. The number of carbonyl (C=O) groups is 2. The number of methoxy groups -OCH3 is 2. The van der Waals surface area contributed by atoms with Crippen LogP contribution in [-0.4, -0.2) is 38.4 Å². The van der Waals surface area contributed by atoms with Crippen LogP contribution >= 0.6 is 0 Å². The largest absolute Gasteiger partial charge is 0.467 e. The van der Waals surface area contributed by atoms with E-state index in [0.29, 0.717) is 0 Å². The molecule has 62 valence electrons. The summed E-state index contributed by atoms with van der Waals surface area (Å²) in [5.41, 5.74) is 0. The topological polar surface area (TPSA) is 65.1 Å². The van der Waals surface area contributed by atoms with E-state index in [4.69, 9.17) is 0 Å². The molecule has 0 radical (unpaired) electrons. The highest BCUT2D eigenvalue weighted by Crippen LogP contribution is 2.23. The van der Waals surface area contributed by atoms with Gasteiger partial charge >= 0.3 is 11.9 Å². The van der Waals surface area contributed by atoms with Crippen LogP contribution in [-0.2, 0) is 23.8 Å². The van der Waals surface area contributed by atoms with Crippen molar-refractivity contribution < 1.29 is 23.8 Å². The first-order chi connectivity index (χ1) is 5.20. The fraction of sp³-hybridized carbons (Fsp3) is 0.667. The zero-order chi connectivity index (χ0) is 8.43. The molecule has 0 aromatic heterocycles. The number of hydrogen-bond acceptors (Lipinski definition) is 5. The Hall–Kier alpha value is -1.10.